The van der Waals surface area contributed by atoms with Crippen LogP contribution in [0.1, 0.15) is 42.2 Å². The van der Waals surface area contributed by atoms with Crippen molar-refractivity contribution < 1.29 is 19.1 Å². The summed E-state index contributed by atoms with van der Waals surface area (Å²) in [5.41, 5.74) is 11.0. The van der Waals surface area contributed by atoms with Crippen molar-refractivity contribution in [2.45, 2.75) is 39.3 Å². The van der Waals surface area contributed by atoms with Crippen molar-refractivity contribution in [2.24, 2.45) is 5.73 Å². The number of hydrogen-bond acceptors (Lipinski definition) is 5. The molecule has 4 rings (SSSR count). The molecule has 2 heterocycles. The number of carboxylic acid groups (broad SMARTS) is 1. The van der Waals surface area contributed by atoms with Crippen molar-refractivity contribution in [1.82, 2.24) is 4.98 Å². The number of benzene rings is 2. The lowest BCUT2D eigenvalue weighted by atomic mass is 10.0. The zero-order chi connectivity index (χ0) is 22.7. The first-order valence-electron chi connectivity index (χ1n) is 10.6. The van der Waals surface area contributed by atoms with Crippen LogP contribution in [0.2, 0.25) is 0 Å². The number of pyridine rings is 1. The van der Waals surface area contributed by atoms with E-state index in [1.54, 1.807) is 24.5 Å². The standard InChI is InChI=1S/C26H26N2O4/c1-16(2)24-10-20-7-17(15-31-23-6-4-3-5-19(23)11-25(29)30)9-22(26(20)32-24)21-8-18(12-27)13-28-14-21/h3-10,13-14,16H,11-12,15,27H2,1-2H3,(H,29,30). The number of nitrogens with zero attached hydrogens (tertiary/aromatic N) is 1. The smallest absolute Gasteiger partial charge is 0.307 e. The van der Waals surface area contributed by atoms with Gasteiger partial charge in [0, 0.05) is 46.9 Å². The molecule has 0 bridgehead atoms. The fourth-order valence-corrected chi connectivity index (χ4v) is 3.68. The van der Waals surface area contributed by atoms with Crippen LogP contribution in [-0.2, 0) is 24.4 Å². The molecule has 2 aromatic carbocycles. The van der Waals surface area contributed by atoms with E-state index in [9.17, 15) is 4.79 Å². The highest BCUT2D eigenvalue weighted by molar-refractivity contribution is 5.93. The van der Waals surface area contributed by atoms with Gasteiger partial charge in [0.2, 0.25) is 0 Å². The molecule has 0 unspecified atom stereocenters. The molecule has 0 aliphatic rings. The molecule has 0 saturated heterocycles. The Morgan fingerprint density at radius 1 is 1.12 bits per heavy atom. The van der Waals surface area contributed by atoms with Gasteiger partial charge >= 0.3 is 5.97 Å². The average Bonchev–Trinajstić information content (AvgIpc) is 3.22. The fourth-order valence-electron chi connectivity index (χ4n) is 3.68. The van der Waals surface area contributed by atoms with Crippen molar-refractivity contribution in [1.29, 1.82) is 0 Å². The molecule has 164 valence electrons. The number of nitrogens with two attached hydrogens (primary N) is 1. The highest BCUT2D eigenvalue weighted by atomic mass is 16.5. The summed E-state index contributed by atoms with van der Waals surface area (Å²) in [6.45, 7) is 4.89. The average molecular weight is 431 g/mol. The summed E-state index contributed by atoms with van der Waals surface area (Å²) in [6, 6.07) is 15.4. The molecule has 6 nitrogen and oxygen atoms in total. The summed E-state index contributed by atoms with van der Waals surface area (Å²) in [5, 5.41) is 10.2. The second-order valence-electron chi connectivity index (χ2n) is 8.12. The van der Waals surface area contributed by atoms with Crippen molar-refractivity contribution >= 4 is 16.9 Å². The highest BCUT2D eigenvalue weighted by Gasteiger charge is 2.15. The van der Waals surface area contributed by atoms with Crippen LogP contribution in [0.15, 0.2) is 65.3 Å². The molecule has 3 N–H and O–H groups in total. The molecule has 0 amide bonds. The Balaban J connectivity index is 1.73. The molecular weight excluding hydrogens is 404 g/mol. The van der Waals surface area contributed by atoms with Crippen LogP contribution in [0.4, 0.5) is 0 Å². The number of ether oxygens (including phenoxy) is 1. The number of aliphatic carboxylic acids is 1. The number of hydrogen-bond donors (Lipinski definition) is 2. The van der Waals surface area contributed by atoms with Crippen molar-refractivity contribution in [3.05, 3.63) is 83.4 Å². The van der Waals surface area contributed by atoms with Gasteiger partial charge in [-0.25, -0.2) is 0 Å². The van der Waals surface area contributed by atoms with Gasteiger partial charge in [0.15, 0.2) is 0 Å². The first-order valence-corrected chi connectivity index (χ1v) is 10.6. The van der Waals surface area contributed by atoms with Gasteiger partial charge in [-0.05, 0) is 41.5 Å². The van der Waals surface area contributed by atoms with Crippen LogP contribution >= 0.6 is 0 Å². The minimum Gasteiger partial charge on any atom is -0.489 e. The van der Waals surface area contributed by atoms with E-state index < -0.39 is 5.97 Å². The summed E-state index contributed by atoms with van der Waals surface area (Å²) < 4.78 is 12.2. The molecule has 0 saturated carbocycles. The zero-order valence-corrected chi connectivity index (χ0v) is 18.2. The van der Waals surface area contributed by atoms with Crippen LogP contribution in [0.3, 0.4) is 0 Å². The van der Waals surface area contributed by atoms with Crippen LogP contribution < -0.4 is 10.5 Å². The number of aromatic nitrogens is 1. The number of fused-ring (bicyclic) bond motifs is 1. The fraction of sp³-hybridized carbons (Fsp3) is 0.231. The molecule has 2 aromatic heterocycles. The topological polar surface area (TPSA) is 98.6 Å². The van der Waals surface area contributed by atoms with Crippen LogP contribution in [0.5, 0.6) is 5.75 Å². The molecule has 0 radical (unpaired) electrons. The number of carboxylic acids is 1. The minimum absolute atomic E-state index is 0.0858. The normalized spacial score (nSPS) is 11.2. The third kappa shape index (κ3) is 4.65. The number of furan rings is 1. The van der Waals surface area contributed by atoms with E-state index in [1.165, 1.54) is 0 Å². The van der Waals surface area contributed by atoms with E-state index in [2.05, 4.69) is 24.9 Å². The quantitative estimate of drug-likeness (QED) is 0.394. The second-order valence-corrected chi connectivity index (χ2v) is 8.12. The van der Waals surface area contributed by atoms with Crippen LogP contribution in [-0.4, -0.2) is 16.1 Å². The molecular formula is C26H26N2O4. The molecule has 0 spiro atoms. The minimum atomic E-state index is -0.892. The Hall–Kier alpha value is -3.64. The summed E-state index contributed by atoms with van der Waals surface area (Å²) >= 11 is 0. The van der Waals surface area contributed by atoms with E-state index >= 15 is 0 Å². The summed E-state index contributed by atoms with van der Waals surface area (Å²) in [4.78, 5) is 15.5. The Kier molecular flexibility index (Phi) is 6.23. The highest BCUT2D eigenvalue weighted by Crippen LogP contribution is 2.35. The molecule has 0 aliphatic heterocycles. The molecule has 0 aliphatic carbocycles. The van der Waals surface area contributed by atoms with E-state index in [4.69, 9.17) is 20.0 Å². The predicted molar refractivity (Wildman–Crippen MR) is 124 cm³/mol. The second kappa shape index (κ2) is 9.24. The summed E-state index contributed by atoms with van der Waals surface area (Å²) in [7, 11) is 0. The van der Waals surface area contributed by atoms with Crippen molar-refractivity contribution in [3.63, 3.8) is 0 Å². The Morgan fingerprint density at radius 3 is 2.69 bits per heavy atom. The number of carbonyl (C=O) groups is 1. The largest absolute Gasteiger partial charge is 0.489 e. The maximum absolute atomic E-state index is 11.2. The Bertz CT molecular complexity index is 1260. The lowest BCUT2D eigenvalue weighted by Gasteiger charge is -2.12. The zero-order valence-electron chi connectivity index (χ0n) is 18.2. The van der Waals surface area contributed by atoms with Crippen molar-refractivity contribution in [3.8, 4) is 16.9 Å². The molecule has 0 fully saturated rings. The van der Waals surface area contributed by atoms with E-state index in [0.29, 0.717) is 24.5 Å². The van der Waals surface area contributed by atoms with Gasteiger partial charge in [-0.3, -0.25) is 9.78 Å². The number of para-hydroxylation sites is 1. The van der Waals surface area contributed by atoms with Gasteiger partial charge in [0.25, 0.3) is 0 Å². The van der Waals surface area contributed by atoms with Crippen LogP contribution in [0.25, 0.3) is 22.1 Å². The SMILES string of the molecule is CC(C)c1cc2cc(COc3ccccc3CC(=O)O)cc(-c3cncc(CN)c3)c2o1. The van der Waals surface area contributed by atoms with Gasteiger partial charge in [0.05, 0.1) is 6.42 Å². The Morgan fingerprint density at radius 2 is 1.94 bits per heavy atom. The summed E-state index contributed by atoms with van der Waals surface area (Å²) in [5.74, 6) is 0.843. The summed E-state index contributed by atoms with van der Waals surface area (Å²) in [6.07, 6.45) is 3.48. The maximum Gasteiger partial charge on any atom is 0.307 e. The van der Waals surface area contributed by atoms with E-state index in [0.717, 1.165) is 39.0 Å². The van der Waals surface area contributed by atoms with Crippen LogP contribution in [0, 0.1) is 0 Å². The van der Waals surface area contributed by atoms with E-state index in [1.807, 2.05) is 30.3 Å². The molecule has 4 aromatic rings. The Labute approximate surface area is 186 Å². The van der Waals surface area contributed by atoms with Gasteiger partial charge in [-0.2, -0.15) is 0 Å². The van der Waals surface area contributed by atoms with Gasteiger partial charge < -0.3 is 20.0 Å². The monoisotopic (exact) mass is 430 g/mol. The molecule has 32 heavy (non-hydrogen) atoms. The predicted octanol–water partition coefficient (Wildman–Crippen LogP) is 5.28. The number of rotatable bonds is 8. The maximum atomic E-state index is 11.2. The molecule has 6 heteroatoms. The van der Waals surface area contributed by atoms with Gasteiger partial charge in [-0.15, -0.1) is 0 Å². The molecule has 0 atom stereocenters. The van der Waals surface area contributed by atoms with Crippen molar-refractivity contribution in [2.75, 3.05) is 0 Å². The van der Waals surface area contributed by atoms with Gasteiger partial charge in [-0.1, -0.05) is 32.0 Å². The third-order valence-electron chi connectivity index (χ3n) is 5.31. The lowest BCUT2D eigenvalue weighted by Crippen LogP contribution is -2.04. The van der Waals surface area contributed by atoms with Gasteiger partial charge in [0.1, 0.15) is 23.7 Å². The third-order valence-corrected chi connectivity index (χ3v) is 5.31. The first-order chi connectivity index (χ1) is 15.4. The lowest BCUT2D eigenvalue weighted by molar-refractivity contribution is -0.136. The first kappa shape index (κ1) is 21.6. The van der Waals surface area contributed by atoms with E-state index in [-0.39, 0.29) is 12.3 Å².